The van der Waals surface area contributed by atoms with Gasteiger partial charge in [-0.25, -0.2) is 4.79 Å². The van der Waals surface area contributed by atoms with Gasteiger partial charge >= 0.3 is 5.97 Å². The minimum atomic E-state index is -2.06. The molecule has 2 aromatic carbocycles. The molecular weight excluding hydrogens is 1090 g/mol. The standard InChI is InChI=1S/C60H90N2O20.C2H6/c1-15-23-42(67-5)41(62-47(63)32-40-30-28-39(29-31-40)27-20-17-16-19-24-38-25-21-18-22-26-38)34-77-57-55(74-12)54(73-11)51(45(79-57)36-66-4)81-58-56(75-13)53(72-10)50(71-9)46(80-58)37-78-60(59(64)76-14)33-43(68-6)48(61-2)52(82-60)49(70-8)44(69-7)35-65-3;1-2/h15-31,41-46,48-58,61H,32-37H2,1-14H3,(H,62,63);1-2H3/b17-16+,23-15+,24-19+,27-20+;/t41?,42?,43?,44?,45?,46?,48-,49?,50-,51+,52?,53?,54?,55?,56?,57+,58-,60-;/m0./s1. The van der Waals surface area contributed by atoms with Gasteiger partial charge in [0.25, 0.3) is 5.79 Å². The highest BCUT2D eigenvalue weighted by Gasteiger charge is 2.59. The third kappa shape index (κ3) is 19.6. The molecule has 5 rings (SSSR count). The summed E-state index contributed by atoms with van der Waals surface area (Å²) < 4.78 is 111. The second-order valence-corrected chi connectivity index (χ2v) is 19.7. The Morgan fingerprint density at radius 1 is 0.655 bits per heavy atom. The first kappa shape index (κ1) is 72.1. The van der Waals surface area contributed by atoms with E-state index in [9.17, 15) is 9.59 Å². The molecule has 2 aromatic rings. The van der Waals surface area contributed by atoms with Gasteiger partial charge in [-0.1, -0.05) is 117 Å². The van der Waals surface area contributed by atoms with Crippen LogP contribution in [0.4, 0.5) is 0 Å². The molecule has 0 radical (unpaired) electrons. The number of hydrogen-bond acceptors (Lipinski definition) is 21. The summed E-state index contributed by atoms with van der Waals surface area (Å²) in [5.74, 6) is -3.13. The maximum atomic E-state index is 14.1. The average Bonchev–Trinajstić information content (AvgIpc) is 3.72. The summed E-state index contributed by atoms with van der Waals surface area (Å²) in [5.41, 5.74) is 2.94. The van der Waals surface area contributed by atoms with Gasteiger partial charge in [0.1, 0.15) is 67.1 Å². The summed E-state index contributed by atoms with van der Waals surface area (Å²) in [4.78, 5) is 27.8. The molecule has 22 nitrogen and oxygen atoms in total. The van der Waals surface area contributed by atoms with E-state index in [0.717, 1.165) is 16.7 Å². The summed E-state index contributed by atoms with van der Waals surface area (Å²) in [6.45, 7) is 5.64. The van der Waals surface area contributed by atoms with Crippen molar-refractivity contribution in [3.63, 3.8) is 0 Å². The second kappa shape index (κ2) is 38.7. The normalized spacial score (nSPS) is 29.8. The fourth-order valence-corrected chi connectivity index (χ4v) is 10.7. The van der Waals surface area contributed by atoms with Gasteiger partial charge in [-0.05, 0) is 30.7 Å². The van der Waals surface area contributed by atoms with Crippen LogP contribution >= 0.6 is 0 Å². The van der Waals surface area contributed by atoms with Crippen molar-refractivity contribution in [3.8, 4) is 0 Å². The number of rotatable bonds is 34. The zero-order valence-corrected chi connectivity index (χ0v) is 52.0. The van der Waals surface area contributed by atoms with Gasteiger partial charge in [-0.3, -0.25) is 4.79 Å². The van der Waals surface area contributed by atoms with E-state index in [4.69, 9.17) is 85.3 Å². The molecule has 0 aromatic heterocycles. The third-order valence-electron chi connectivity index (χ3n) is 14.8. The minimum absolute atomic E-state index is 0.00809. The summed E-state index contributed by atoms with van der Waals surface area (Å²) in [6, 6.07) is 16.7. The number of allylic oxidation sites excluding steroid dienone is 5. The molecule has 18 atom stereocenters. The number of benzene rings is 2. The largest absolute Gasteiger partial charge is 0.465 e. The number of nitrogens with one attached hydrogen (secondary N) is 2. The van der Waals surface area contributed by atoms with Crippen molar-refractivity contribution < 1.29 is 94.9 Å². The van der Waals surface area contributed by atoms with Crippen LogP contribution in [0.2, 0.25) is 0 Å². The van der Waals surface area contributed by atoms with E-state index in [1.807, 2.05) is 124 Å². The smallest absolute Gasteiger partial charge is 0.366 e. The molecule has 2 N–H and O–H groups in total. The molecule has 0 aliphatic carbocycles. The Bertz CT molecular complexity index is 2260. The molecule has 474 valence electrons. The number of carbonyl (C=O) groups is 2. The minimum Gasteiger partial charge on any atom is -0.465 e. The number of likely N-dealkylation sites (N-methyl/N-ethyl adjacent to an activating group) is 1. The van der Waals surface area contributed by atoms with E-state index >= 15 is 0 Å². The quantitative estimate of drug-likeness (QED) is 0.0526. The monoisotopic (exact) mass is 1190 g/mol. The Morgan fingerprint density at radius 2 is 1.25 bits per heavy atom. The van der Waals surface area contributed by atoms with Crippen LogP contribution in [0, 0.1) is 0 Å². The topological polar surface area (TPSA) is 224 Å². The lowest BCUT2D eigenvalue weighted by Crippen LogP contribution is -2.69. The van der Waals surface area contributed by atoms with E-state index < -0.39 is 116 Å². The van der Waals surface area contributed by atoms with E-state index in [1.165, 1.54) is 71.1 Å². The lowest BCUT2D eigenvalue weighted by molar-refractivity contribution is -0.374. The third-order valence-corrected chi connectivity index (χ3v) is 14.8. The summed E-state index contributed by atoms with van der Waals surface area (Å²) >= 11 is 0. The number of esters is 1. The molecule has 3 saturated heterocycles. The van der Waals surface area contributed by atoms with Crippen LogP contribution in [0.3, 0.4) is 0 Å². The molecule has 0 spiro atoms. The molecule has 22 heteroatoms. The van der Waals surface area contributed by atoms with Gasteiger partial charge in [-0.2, -0.15) is 0 Å². The molecule has 12 unspecified atom stereocenters. The fraction of sp³-hybridized carbons (Fsp3) is 0.645. The van der Waals surface area contributed by atoms with E-state index in [0.29, 0.717) is 0 Å². The first-order valence-electron chi connectivity index (χ1n) is 28.3. The number of carbonyl (C=O) groups excluding carboxylic acids is 2. The molecule has 0 bridgehead atoms. The predicted octanol–water partition coefficient (Wildman–Crippen LogP) is 5.14. The first-order valence-corrected chi connectivity index (χ1v) is 28.3. The van der Waals surface area contributed by atoms with Crippen molar-refractivity contribution in [2.24, 2.45) is 0 Å². The number of hydrogen-bond donors (Lipinski definition) is 2. The molecule has 1 amide bonds. The number of ether oxygens (including phenoxy) is 18. The van der Waals surface area contributed by atoms with Gasteiger partial charge in [0.2, 0.25) is 5.91 Å². The Balaban J connectivity index is 0.00000748. The maximum Gasteiger partial charge on any atom is 0.366 e. The molecule has 84 heavy (non-hydrogen) atoms. The number of amides is 1. The van der Waals surface area contributed by atoms with Gasteiger partial charge in [0.05, 0.1) is 64.2 Å². The molecule has 0 saturated carbocycles. The lowest BCUT2D eigenvalue weighted by Gasteiger charge is -2.50. The van der Waals surface area contributed by atoms with Crippen molar-refractivity contribution in [1.29, 1.82) is 0 Å². The van der Waals surface area contributed by atoms with Crippen LogP contribution in [0.15, 0.2) is 91.1 Å². The summed E-state index contributed by atoms with van der Waals surface area (Å²) in [6.07, 6.45) is 2.60. The molecule has 3 aliphatic heterocycles. The molecule has 3 fully saturated rings. The molecular formula is C62H96N2O20. The highest BCUT2D eigenvalue weighted by Crippen LogP contribution is 2.39. The Kier molecular flexibility index (Phi) is 33.2. The fourth-order valence-electron chi connectivity index (χ4n) is 10.7. The van der Waals surface area contributed by atoms with E-state index in [2.05, 4.69) is 10.6 Å². The van der Waals surface area contributed by atoms with Crippen LogP contribution in [-0.4, -0.2) is 240 Å². The Hall–Kier alpha value is -4.38. The maximum absolute atomic E-state index is 14.1. The molecule has 3 aliphatic rings. The van der Waals surface area contributed by atoms with E-state index in [-0.39, 0.29) is 45.2 Å². The first-order chi connectivity index (χ1) is 40.8. The van der Waals surface area contributed by atoms with E-state index in [1.54, 1.807) is 21.3 Å². The lowest BCUT2D eigenvalue weighted by atomic mass is 9.88. The number of methoxy groups -OCH3 is 12. The van der Waals surface area contributed by atoms with Crippen molar-refractivity contribution in [3.05, 3.63) is 108 Å². The van der Waals surface area contributed by atoms with Gasteiger partial charge in [-0.15, -0.1) is 0 Å². The van der Waals surface area contributed by atoms with Crippen LogP contribution in [-0.2, 0) is 101 Å². The summed E-state index contributed by atoms with van der Waals surface area (Å²) in [7, 11) is 19.7. The molecule has 3 heterocycles. The van der Waals surface area contributed by atoms with Crippen LogP contribution < -0.4 is 10.6 Å². The summed E-state index contributed by atoms with van der Waals surface area (Å²) in [5, 5.41) is 6.38. The van der Waals surface area contributed by atoms with Crippen LogP contribution in [0.25, 0.3) is 12.2 Å². The Labute approximate surface area is 497 Å². The van der Waals surface area contributed by atoms with Gasteiger partial charge in [0.15, 0.2) is 12.6 Å². The average molecular weight is 1190 g/mol. The highest BCUT2D eigenvalue weighted by atomic mass is 16.8. The second-order valence-electron chi connectivity index (χ2n) is 19.7. The van der Waals surface area contributed by atoms with Crippen molar-refractivity contribution >= 4 is 24.0 Å². The van der Waals surface area contributed by atoms with Gasteiger partial charge in [0, 0.05) is 84.6 Å². The van der Waals surface area contributed by atoms with Crippen LogP contribution in [0.5, 0.6) is 0 Å². The van der Waals surface area contributed by atoms with Crippen molar-refractivity contribution in [2.75, 3.05) is 119 Å². The highest BCUT2D eigenvalue weighted by molar-refractivity contribution is 5.79. The Morgan fingerprint density at radius 3 is 1.79 bits per heavy atom. The van der Waals surface area contributed by atoms with Gasteiger partial charge < -0.3 is 95.9 Å². The van der Waals surface area contributed by atoms with Crippen LogP contribution in [0.1, 0.15) is 43.9 Å². The van der Waals surface area contributed by atoms with Crippen molar-refractivity contribution in [1.82, 2.24) is 10.6 Å². The zero-order valence-electron chi connectivity index (χ0n) is 52.0. The zero-order chi connectivity index (χ0) is 61.6. The predicted molar refractivity (Wildman–Crippen MR) is 314 cm³/mol. The van der Waals surface area contributed by atoms with Crippen molar-refractivity contribution in [2.45, 2.75) is 143 Å². The SMILES string of the molecule is C/C=C/C(OC)C(CO[C@@H]1OC(COC)[C@@H](O[C@@H]2OC(CO[C@@]3(C(=O)OC)CC(OC)[C@H](NC)C(C(OC)C(COC)OC)O3)[C@H](OC)C(OC)C2OC)C(OC)C1OC)NC(=O)Cc1ccc(/C=C/C=C/C=C/c2ccccc2)cc1.CC.